The first-order valence-corrected chi connectivity index (χ1v) is 9.17. The van der Waals surface area contributed by atoms with Gasteiger partial charge in [-0.3, -0.25) is 14.7 Å². The van der Waals surface area contributed by atoms with E-state index in [4.69, 9.17) is 0 Å². The molecule has 0 radical (unpaired) electrons. The van der Waals surface area contributed by atoms with Gasteiger partial charge in [0.05, 0.1) is 11.7 Å². The highest BCUT2D eigenvalue weighted by Crippen LogP contribution is 2.27. The van der Waals surface area contributed by atoms with Gasteiger partial charge in [0.15, 0.2) is 0 Å². The number of amides is 1. The number of aromatic nitrogens is 4. The summed E-state index contributed by atoms with van der Waals surface area (Å²) in [5.74, 6) is -0.147. The van der Waals surface area contributed by atoms with E-state index in [2.05, 4.69) is 41.4 Å². The third kappa shape index (κ3) is 4.03. The third-order valence-corrected chi connectivity index (χ3v) is 4.95. The monoisotopic (exact) mass is 357 g/mol. The smallest absolute Gasteiger partial charge is 0.271 e. The first-order chi connectivity index (χ1) is 12.2. The summed E-state index contributed by atoms with van der Waals surface area (Å²) in [6, 6.07) is 5.33. The number of nitrogens with one attached hydrogen (secondary N) is 2. The average molecular weight is 357 g/mol. The van der Waals surface area contributed by atoms with Gasteiger partial charge in [0, 0.05) is 23.2 Å². The van der Waals surface area contributed by atoms with Crippen molar-refractivity contribution in [2.45, 2.75) is 70.9 Å². The summed E-state index contributed by atoms with van der Waals surface area (Å²) < 4.78 is 1.59. The molecule has 7 nitrogen and oxygen atoms in total. The van der Waals surface area contributed by atoms with E-state index in [1.807, 2.05) is 13.0 Å². The summed E-state index contributed by atoms with van der Waals surface area (Å²) in [6.45, 7) is 8.11. The molecule has 26 heavy (non-hydrogen) atoms. The number of rotatable bonds is 3. The highest BCUT2D eigenvalue weighted by atomic mass is 16.2. The van der Waals surface area contributed by atoms with Gasteiger partial charge in [-0.2, -0.15) is 10.2 Å². The maximum atomic E-state index is 12.4. The summed E-state index contributed by atoms with van der Waals surface area (Å²) in [7, 11) is 0. The van der Waals surface area contributed by atoms with Crippen LogP contribution in [-0.4, -0.2) is 31.9 Å². The van der Waals surface area contributed by atoms with Crippen LogP contribution in [0.5, 0.6) is 0 Å². The summed E-state index contributed by atoms with van der Waals surface area (Å²) in [5, 5.41) is 14.5. The molecule has 1 aliphatic rings. The zero-order valence-corrected chi connectivity index (χ0v) is 15.9. The van der Waals surface area contributed by atoms with Gasteiger partial charge in [0.2, 0.25) is 0 Å². The van der Waals surface area contributed by atoms with E-state index in [-0.39, 0.29) is 29.0 Å². The predicted molar refractivity (Wildman–Crippen MR) is 99.3 cm³/mol. The lowest BCUT2D eigenvalue weighted by Crippen LogP contribution is -2.39. The van der Waals surface area contributed by atoms with Crippen LogP contribution in [0.2, 0.25) is 0 Å². The van der Waals surface area contributed by atoms with E-state index in [0.717, 1.165) is 37.1 Å². The van der Waals surface area contributed by atoms with Gasteiger partial charge >= 0.3 is 0 Å². The molecule has 1 aliphatic carbocycles. The molecule has 0 aromatic carbocycles. The Morgan fingerprint density at radius 2 is 1.92 bits per heavy atom. The molecule has 3 rings (SSSR count). The minimum atomic E-state index is -0.147. The topological polar surface area (TPSA) is 92.7 Å². The van der Waals surface area contributed by atoms with Gasteiger partial charge in [-0.25, -0.2) is 4.68 Å². The van der Waals surface area contributed by atoms with Crippen molar-refractivity contribution in [2.24, 2.45) is 0 Å². The van der Waals surface area contributed by atoms with Gasteiger partial charge < -0.3 is 5.32 Å². The van der Waals surface area contributed by atoms with E-state index in [0.29, 0.717) is 5.69 Å². The third-order valence-electron chi connectivity index (χ3n) is 4.95. The van der Waals surface area contributed by atoms with Crippen LogP contribution in [0.3, 0.4) is 0 Å². The number of nitrogens with zero attached hydrogens (tertiary/aromatic N) is 3. The normalized spacial score (nSPS) is 20.8. The van der Waals surface area contributed by atoms with Crippen LogP contribution in [0, 0.1) is 6.92 Å². The van der Waals surface area contributed by atoms with Crippen LogP contribution in [0.4, 0.5) is 0 Å². The molecule has 2 aromatic rings. The number of hydrogen-bond acceptors (Lipinski definition) is 4. The molecule has 2 heterocycles. The van der Waals surface area contributed by atoms with Gasteiger partial charge in [-0.1, -0.05) is 20.8 Å². The van der Waals surface area contributed by atoms with E-state index in [1.54, 1.807) is 16.8 Å². The largest absolute Gasteiger partial charge is 0.348 e. The van der Waals surface area contributed by atoms with Crippen molar-refractivity contribution in [2.75, 3.05) is 0 Å². The van der Waals surface area contributed by atoms with E-state index in [1.165, 1.54) is 0 Å². The Labute approximate surface area is 153 Å². The lowest BCUT2D eigenvalue weighted by Gasteiger charge is -2.29. The quantitative estimate of drug-likeness (QED) is 0.883. The first-order valence-electron chi connectivity index (χ1n) is 9.17. The zero-order chi connectivity index (χ0) is 18.9. The fourth-order valence-electron chi connectivity index (χ4n) is 3.33. The maximum absolute atomic E-state index is 12.4. The Morgan fingerprint density at radius 1 is 1.23 bits per heavy atom. The Morgan fingerprint density at radius 3 is 2.54 bits per heavy atom. The molecule has 2 N–H and O–H groups in total. The Kier molecular flexibility index (Phi) is 4.98. The molecule has 2 aromatic heterocycles. The second-order valence-electron chi connectivity index (χ2n) is 8.15. The van der Waals surface area contributed by atoms with Gasteiger partial charge in [-0.05, 0) is 44.7 Å². The summed E-state index contributed by atoms with van der Waals surface area (Å²) >= 11 is 0. The van der Waals surface area contributed by atoms with Gasteiger partial charge in [0.1, 0.15) is 5.69 Å². The summed E-state index contributed by atoms with van der Waals surface area (Å²) in [6.07, 6.45) is 3.31. The highest BCUT2D eigenvalue weighted by molar-refractivity contribution is 5.92. The molecule has 7 heteroatoms. The minimum Gasteiger partial charge on any atom is -0.348 e. The first kappa shape index (κ1) is 18.4. The van der Waals surface area contributed by atoms with Crippen molar-refractivity contribution < 1.29 is 4.79 Å². The number of aromatic amines is 1. The average Bonchev–Trinajstić information content (AvgIpc) is 3.08. The second-order valence-corrected chi connectivity index (χ2v) is 8.15. The van der Waals surface area contributed by atoms with Crippen molar-refractivity contribution in [1.82, 2.24) is 25.3 Å². The zero-order valence-electron chi connectivity index (χ0n) is 15.9. The fraction of sp³-hybridized carbons (Fsp3) is 0.579. The SMILES string of the molecule is Cc1ccc(=O)n(C2CCC(NC(=O)c3cc(C(C)(C)C)[nH]n3)CC2)n1. The van der Waals surface area contributed by atoms with E-state index < -0.39 is 0 Å². The predicted octanol–water partition coefficient (Wildman–Crippen LogP) is 2.49. The highest BCUT2D eigenvalue weighted by Gasteiger charge is 2.26. The van der Waals surface area contributed by atoms with Gasteiger partial charge in [0.25, 0.3) is 11.5 Å². The second kappa shape index (κ2) is 7.05. The van der Waals surface area contributed by atoms with Crippen molar-refractivity contribution in [3.63, 3.8) is 0 Å². The molecule has 0 saturated heterocycles. The standard InChI is InChI=1S/C19H27N5O2/c1-12-5-10-17(25)24(23-12)14-8-6-13(7-9-14)20-18(26)15-11-16(22-21-15)19(2,3)4/h5,10-11,13-14H,6-9H2,1-4H3,(H,20,26)(H,21,22). The number of aryl methyl sites for hydroxylation is 1. The Balaban J connectivity index is 1.58. The van der Waals surface area contributed by atoms with Crippen molar-refractivity contribution >= 4 is 5.91 Å². The molecule has 1 fully saturated rings. The Bertz CT molecular complexity index is 838. The number of hydrogen-bond donors (Lipinski definition) is 2. The molecule has 0 atom stereocenters. The molecule has 0 spiro atoms. The van der Waals surface area contributed by atoms with Crippen molar-refractivity contribution in [1.29, 1.82) is 0 Å². The number of carbonyl (C=O) groups is 1. The number of H-pyrrole nitrogens is 1. The van der Waals surface area contributed by atoms with Crippen LogP contribution in [0.15, 0.2) is 23.0 Å². The van der Waals surface area contributed by atoms with Crippen LogP contribution in [0.1, 0.15) is 74.4 Å². The van der Waals surface area contributed by atoms with E-state index >= 15 is 0 Å². The number of carbonyl (C=O) groups excluding carboxylic acids is 1. The van der Waals surface area contributed by atoms with E-state index in [9.17, 15) is 9.59 Å². The van der Waals surface area contributed by atoms with Crippen LogP contribution in [-0.2, 0) is 5.41 Å². The van der Waals surface area contributed by atoms with Crippen molar-refractivity contribution in [3.05, 3.63) is 45.6 Å². The van der Waals surface area contributed by atoms with Crippen LogP contribution >= 0.6 is 0 Å². The van der Waals surface area contributed by atoms with Crippen LogP contribution < -0.4 is 10.9 Å². The summed E-state index contributed by atoms with van der Waals surface area (Å²) in [5.41, 5.74) is 2.07. The molecule has 1 saturated carbocycles. The molecular weight excluding hydrogens is 330 g/mol. The molecule has 0 aliphatic heterocycles. The summed E-state index contributed by atoms with van der Waals surface area (Å²) in [4.78, 5) is 24.5. The lowest BCUT2D eigenvalue weighted by atomic mass is 9.91. The maximum Gasteiger partial charge on any atom is 0.271 e. The van der Waals surface area contributed by atoms with Crippen LogP contribution in [0.25, 0.3) is 0 Å². The van der Waals surface area contributed by atoms with Crippen molar-refractivity contribution in [3.8, 4) is 0 Å². The molecular formula is C19H27N5O2. The van der Waals surface area contributed by atoms with Gasteiger partial charge in [-0.15, -0.1) is 0 Å². The molecule has 1 amide bonds. The molecule has 0 unspecified atom stereocenters. The fourth-order valence-corrected chi connectivity index (χ4v) is 3.33. The minimum absolute atomic E-state index is 0.0608. The molecule has 140 valence electrons. The molecule has 0 bridgehead atoms. The Hall–Kier alpha value is -2.44. The lowest BCUT2D eigenvalue weighted by molar-refractivity contribution is 0.0916.